The van der Waals surface area contributed by atoms with Crippen molar-refractivity contribution in [1.29, 1.82) is 0 Å². The second kappa shape index (κ2) is 7.49. The molecule has 2 aromatic carbocycles. The zero-order valence-corrected chi connectivity index (χ0v) is 17.2. The van der Waals surface area contributed by atoms with Crippen molar-refractivity contribution in [3.8, 4) is 16.9 Å². The molecule has 2 saturated carbocycles. The monoisotopic (exact) mass is 392 g/mol. The molecule has 0 unspecified atom stereocenters. The van der Waals surface area contributed by atoms with Gasteiger partial charge >= 0.3 is 5.97 Å². The molecule has 2 aliphatic carbocycles. The average Bonchev–Trinajstić information content (AvgIpc) is 3.65. The molecule has 3 aliphatic rings. The molecule has 4 nitrogen and oxygen atoms in total. The highest BCUT2D eigenvalue weighted by Gasteiger charge is 2.37. The standard InChI is InChI=1S/C25H28O4/c1-15-5-11-20(16-6-7-16)23(18-8-12-21-17(14-18)4-3-13-28-21)22(15)24(25(26)27-2)29-19-9-10-19/h5,8,11-12,14,16,19,24H,3-4,6-7,9-10,13H2,1-2H3/t24-/m0/s1. The lowest BCUT2D eigenvalue weighted by Crippen LogP contribution is -2.21. The van der Waals surface area contributed by atoms with Crippen LogP contribution >= 0.6 is 0 Å². The number of benzene rings is 2. The third-order valence-corrected chi connectivity index (χ3v) is 6.24. The molecule has 0 spiro atoms. The van der Waals surface area contributed by atoms with Gasteiger partial charge in [-0.25, -0.2) is 4.79 Å². The van der Waals surface area contributed by atoms with Crippen LogP contribution < -0.4 is 4.74 Å². The highest BCUT2D eigenvalue weighted by atomic mass is 16.6. The van der Waals surface area contributed by atoms with E-state index in [1.54, 1.807) is 0 Å². The Morgan fingerprint density at radius 3 is 2.69 bits per heavy atom. The highest BCUT2D eigenvalue weighted by molar-refractivity contribution is 5.84. The van der Waals surface area contributed by atoms with Crippen molar-refractivity contribution in [3.63, 3.8) is 0 Å². The van der Waals surface area contributed by atoms with Gasteiger partial charge in [0, 0.05) is 5.56 Å². The van der Waals surface area contributed by atoms with Gasteiger partial charge in [0.15, 0.2) is 6.10 Å². The van der Waals surface area contributed by atoms with Crippen LogP contribution in [0.3, 0.4) is 0 Å². The molecule has 5 rings (SSSR count). The molecule has 0 amide bonds. The van der Waals surface area contributed by atoms with Gasteiger partial charge in [-0.15, -0.1) is 0 Å². The second-order valence-corrected chi connectivity index (χ2v) is 8.55. The van der Waals surface area contributed by atoms with Crippen molar-refractivity contribution in [1.82, 2.24) is 0 Å². The number of ether oxygens (including phenoxy) is 3. The molecule has 1 aliphatic heterocycles. The van der Waals surface area contributed by atoms with Gasteiger partial charge in [0.2, 0.25) is 0 Å². The second-order valence-electron chi connectivity index (χ2n) is 8.55. The van der Waals surface area contributed by atoms with E-state index < -0.39 is 6.10 Å². The fourth-order valence-electron chi connectivity index (χ4n) is 4.40. The molecule has 0 radical (unpaired) electrons. The Hall–Kier alpha value is -2.33. The molecule has 0 aromatic heterocycles. The van der Waals surface area contributed by atoms with Crippen molar-refractivity contribution in [3.05, 3.63) is 52.6 Å². The minimum Gasteiger partial charge on any atom is -0.493 e. The minimum atomic E-state index is -0.673. The summed E-state index contributed by atoms with van der Waals surface area (Å²) in [5, 5.41) is 0. The Bertz CT molecular complexity index is 940. The maximum atomic E-state index is 12.8. The first kappa shape index (κ1) is 18.7. The van der Waals surface area contributed by atoms with Crippen molar-refractivity contribution < 1.29 is 19.0 Å². The molecular weight excluding hydrogens is 364 g/mol. The molecule has 0 saturated heterocycles. The fraction of sp³-hybridized carbons (Fsp3) is 0.480. The van der Waals surface area contributed by atoms with Crippen LogP contribution in [0.2, 0.25) is 0 Å². The predicted molar refractivity (Wildman–Crippen MR) is 111 cm³/mol. The van der Waals surface area contributed by atoms with E-state index in [1.807, 2.05) is 0 Å². The minimum absolute atomic E-state index is 0.160. The Morgan fingerprint density at radius 2 is 1.97 bits per heavy atom. The number of rotatable bonds is 6. The van der Waals surface area contributed by atoms with E-state index in [2.05, 4.69) is 37.3 Å². The average molecular weight is 392 g/mol. The Morgan fingerprint density at radius 1 is 1.14 bits per heavy atom. The number of carbonyl (C=O) groups is 1. The van der Waals surface area contributed by atoms with E-state index in [-0.39, 0.29) is 12.1 Å². The van der Waals surface area contributed by atoms with Crippen LogP contribution in [-0.2, 0) is 20.7 Å². The SMILES string of the molecule is COC(=O)[C@@H](OC1CC1)c1c(C)ccc(C2CC2)c1-c1ccc2c(c1)CCCO2. The third-order valence-electron chi connectivity index (χ3n) is 6.24. The maximum Gasteiger partial charge on any atom is 0.339 e. The lowest BCUT2D eigenvalue weighted by atomic mass is 9.85. The summed E-state index contributed by atoms with van der Waals surface area (Å²) >= 11 is 0. The van der Waals surface area contributed by atoms with Gasteiger partial charge in [0.1, 0.15) is 5.75 Å². The summed E-state index contributed by atoms with van der Waals surface area (Å²) in [5.74, 6) is 1.24. The molecule has 4 heteroatoms. The number of carbonyl (C=O) groups excluding carboxylic acids is 1. The number of fused-ring (bicyclic) bond motifs is 1. The van der Waals surface area contributed by atoms with Crippen LogP contribution in [0.5, 0.6) is 5.75 Å². The zero-order valence-electron chi connectivity index (χ0n) is 17.2. The fourth-order valence-corrected chi connectivity index (χ4v) is 4.40. The summed E-state index contributed by atoms with van der Waals surface area (Å²) in [6.07, 6.45) is 6.00. The topological polar surface area (TPSA) is 44.8 Å². The number of esters is 1. The van der Waals surface area contributed by atoms with Crippen LogP contribution in [0.25, 0.3) is 11.1 Å². The normalized spacial score (nSPS) is 19.2. The van der Waals surface area contributed by atoms with Crippen LogP contribution in [-0.4, -0.2) is 25.8 Å². The third kappa shape index (κ3) is 3.66. The van der Waals surface area contributed by atoms with Crippen molar-refractivity contribution >= 4 is 5.97 Å². The number of hydrogen-bond donors (Lipinski definition) is 0. The van der Waals surface area contributed by atoms with Gasteiger partial charge in [-0.1, -0.05) is 18.2 Å². The number of methoxy groups -OCH3 is 1. The maximum absolute atomic E-state index is 12.8. The molecule has 0 bridgehead atoms. The van der Waals surface area contributed by atoms with E-state index in [0.717, 1.165) is 60.3 Å². The van der Waals surface area contributed by atoms with E-state index in [4.69, 9.17) is 14.2 Å². The van der Waals surface area contributed by atoms with Gasteiger partial charge in [0.05, 0.1) is 19.8 Å². The quantitative estimate of drug-likeness (QED) is 0.629. The van der Waals surface area contributed by atoms with Crippen molar-refractivity contribution in [2.45, 2.75) is 63.6 Å². The first-order valence-electron chi connectivity index (χ1n) is 10.8. The molecule has 1 heterocycles. The van der Waals surface area contributed by atoms with Crippen LogP contribution in [0.15, 0.2) is 30.3 Å². The first-order valence-corrected chi connectivity index (χ1v) is 10.8. The van der Waals surface area contributed by atoms with Crippen LogP contribution in [0, 0.1) is 6.92 Å². The van der Waals surface area contributed by atoms with E-state index in [1.165, 1.54) is 31.1 Å². The molecule has 29 heavy (non-hydrogen) atoms. The zero-order chi connectivity index (χ0) is 20.0. The number of aryl methyl sites for hydroxylation is 2. The van der Waals surface area contributed by atoms with E-state index >= 15 is 0 Å². The predicted octanol–water partition coefficient (Wildman–Crippen LogP) is 5.26. The van der Waals surface area contributed by atoms with Gasteiger partial charge < -0.3 is 14.2 Å². The lowest BCUT2D eigenvalue weighted by Gasteiger charge is -2.25. The summed E-state index contributed by atoms with van der Waals surface area (Å²) in [6.45, 7) is 2.86. The summed E-state index contributed by atoms with van der Waals surface area (Å²) in [4.78, 5) is 12.8. The number of hydrogen-bond acceptors (Lipinski definition) is 4. The van der Waals surface area contributed by atoms with E-state index in [0.29, 0.717) is 5.92 Å². The van der Waals surface area contributed by atoms with Crippen LogP contribution in [0.1, 0.15) is 66.4 Å². The molecule has 2 aromatic rings. The Labute approximate surface area is 172 Å². The van der Waals surface area contributed by atoms with Crippen molar-refractivity contribution in [2.75, 3.05) is 13.7 Å². The summed E-state index contributed by atoms with van der Waals surface area (Å²) < 4.78 is 17.2. The van der Waals surface area contributed by atoms with Crippen LogP contribution in [0.4, 0.5) is 0 Å². The lowest BCUT2D eigenvalue weighted by molar-refractivity contribution is -0.155. The van der Waals surface area contributed by atoms with Crippen molar-refractivity contribution in [2.24, 2.45) is 0 Å². The highest BCUT2D eigenvalue weighted by Crippen LogP contribution is 2.49. The summed E-state index contributed by atoms with van der Waals surface area (Å²) in [6, 6.07) is 10.9. The molecule has 2 fully saturated rings. The van der Waals surface area contributed by atoms with Gasteiger partial charge in [-0.3, -0.25) is 0 Å². The largest absolute Gasteiger partial charge is 0.493 e. The Kier molecular flexibility index (Phi) is 4.83. The molecule has 0 N–H and O–H groups in total. The summed E-state index contributed by atoms with van der Waals surface area (Å²) in [7, 11) is 1.45. The molecular formula is C25H28O4. The molecule has 152 valence electrons. The smallest absolute Gasteiger partial charge is 0.339 e. The molecule has 1 atom stereocenters. The Balaban J connectivity index is 1.68. The van der Waals surface area contributed by atoms with E-state index in [9.17, 15) is 4.79 Å². The van der Waals surface area contributed by atoms with Gasteiger partial charge in [-0.05, 0) is 91.3 Å². The first-order chi connectivity index (χ1) is 14.2. The van der Waals surface area contributed by atoms with Gasteiger partial charge in [0.25, 0.3) is 0 Å². The summed E-state index contributed by atoms with van der Waals surface area (Å²) in [5.41, 5.74) is 6.95. The van der Waals surface area contributed by atoms with Gasteiger partial charge in [-0.2, -0.15) is 0 Å².